The lowest BCUT2D eigenvalue weighted by molar-refractivity contribution is 0.0597. The average Bonchev–Trinajstić information content (AvgIpc) is 2.54. The van der Waals surface area contributed by atoms with E-state index in [4.69, 9.17) is 0 Å². The average molecular weight is 297 g/mol. The molecule has 0 aromatic heterocycles. The highest BCUT2D eigenvalue weighted by Gasteiger charge is 2.17. The largest absolute Gasteiger partial charge is 0.465 e. The van der Waals surface area contributed by atoms with Crippen LogP contribution < -0.4 is 5.32 Å². The molecular formula is C17H15NO4. The number of nitrogens with one attached hydrogen (secondary N) is 1. The summed E-state index contributed by atoms with van der Waals surface area (Å²) in [6, 6.07) is 13.0. The highest BCUT2D eigenvalue weighted by molar-refractivity contribution is 6.11. The molecule has 0 aliphatic heterocycles. The first-order chi connectivity index (χ1) is 10.5. The van der Waals surface area contributed by atoms with E-state index in [2.05, 4.69) is 10.1 Å². The maximum absolute atomic E-state index is 12.3. The standard InChI is InChI=1S/C17H15NO4/c1-11(19)12-6-5-7-13(10-12)18-16(20)14-8-3-4-9-15(14)17(21)22-2/h3-10H,1-2H3,(H,18,20). The monoisotopic (exact) mass is 297 g/mol. The minimum atomic E-state index is -0.580. The number of Topliss-reactive ketones (excluding diaryl/α,β-unsaturated/α-hetero) is 1. The zero-order valence-electron chi connectivity index (χ0n) is 12.3. The van der Waals surface area contributed by atoms with Crippen LogP contribution in [0.2, 0.25) is 0 Å². The topological polar surface area (TPSA) is 72.5 Å². The van der Waals surface area contributed by atoms with Crippen LogP contribution in [-0.2, 0) is 4.74 Å². The predicted octanol–water partition coefficient (Wildman–Crippen LogP) is 2.93. The lowest BCUT2D eigenvalue weighted by Gasteiger charge is -2.09. The summed E-state index contributed by atoms with van der Waals surface area (Å²) >= 11 is 0. The maximum Gasteiger partial charge on any atom is 0.338 e. The summed E-state index contributed by atoms with van der Waals surface area (Å²) in [4.78, 5) is 35.4. The minimum absolute atomic E-state index is 0.0916. The smallest absolute Gasteiger partial charge is 0.338 e. The van der Waals surface area contributed by atoms with Gasteiger partial charge in [-0.05, 0) is 31.2 Å². The number of anilines is 1. The molecule has 1 amide bonds. The van der Waals surface area contributed by atoms with Crippen molar-refractivity contribution >= 4 is 23.3 Å². The Balaban J connectivity index is 2.28. The van der Waals surface area contributed by atoms with Gasteiger partial charge in [0.15, 0.2) is 5.78 Å². The molecule has 0 aliphatic rings. The number of rotatable bonds is 4. The van der Waals surface area contributed by atoms with E-state index >= 15 is 0 Å². The third-order valence-electron chi connectivity index (χ3n) is 3.10. The van der Waals surface area contributed by atoms with Crippen molar-refractivity contribution in [2.24, 2.45) is 0 Å². The van der Waals surface area contributed by atoms with Gasteiger partial charge in [-0.1, -0.05) is 24.3 Å². The van der Waals surface area contributed by atoms with Crippen molar-refractivity contribution in [1.82, 2.24) is 0 Å². The van der Waals surface area contributed by atoms with Gasteiger partial charge in [0.05, 0.1) is 18.2 Å². The van der Waals surface area contributed by atoms with E-state index in [1.165, 1.54) is 26.2 Å². The van der Waals surface area contributed by atoms with Gasteiger partial charge in [0, 0.05) is 11.3 Å². The second-order valence-corrected chi connectivity index (χ2v) is 4.63. The lowest BCUT2D eigenvalue weighted by Crippen LogP contribution is -2.17. The number of benzene rings is 2. The Kier molecular flexibility index (Phi) is 4.68. The van der Waals surface area contributed by atoms with Crippen LogP contribution in [0.15, 0.2) is 48.5 Å². The molecule has 0 bridgehead atoms. The molecule has 0 radical (unpaired) electrons. The van der Waals surface area contributed by atoms with E-state index in [-0.39, 0.29) is 16.9 Å². The van der Waals surface area contributed by atoms with E-state index in [0.29, 0.717) is 11.3 Å². The lowest BCUT2D eigenvalue weighted by atomic mass is 10.1. The number of carbonyl (C=O) groups is 3. The van der Waals surface area contributed by atoms with Gasteiger partial charge in [-0.15, -0.1) is 0 Å². The number of hydrogen-bond donors (Lipinski definition) is 1. The van der Waals surface area contributed by atoms with Crippen molar-refractivity contribution in [3.63, 3.8) is 0 Å². The van der Waals surface area contributed by atoms with Crippen molar-refractivity contribution in [3.05, 3.63) is 65.2 Å². The quantitative estimate of drug-likeness (QED) is 0.695. The number of ether oxygens (including phenoxy) is 1. The molecule has 2 rings (SSSR count). The minimum Gasteiger partial charge on any atom is -0.465 e. The molecule has 112 valence electrons. The highest BCUT2D eigenvalue weighted by Crippen LogP contribution is 2.15. The van der Waals surface area contributed by atoms with Crippen LogP contribution in [0.1, 0.15) is 38.0 Å². The number of methoxy groups -OCH3 is 1. The molecule has 0 unspecified atom stereocenters. The van der Waals surface area contributed by atoms with Crippen molar-refractivity contribution in [1.29, 1.82) is 0 Å². The molecule has 2 aromatic rings. The summed E-state index contributed by atoms with van der Waals surface area (Å²) in [7, 11) is 1.26. The van der Waals surface area contributed by atoms with Gasteiger partial charge < -0.3 is 10.1 Å². The molecule has 0 aliphatic carbocycles. The fraction of sp³-hybridized carbons (Fsp3) is 0.118. The molecular weight excluding hydrogens is 282 g/mol. The maximum atomic E-state index is 12.3. The number of amides is 1. The summed E-state index contributed by atoms with van der Waals surface area (Å²) in [5.74, 6) is -1.11. The van der Waals surface area contributed by atoms with Crippen LogP contribution in [0.25, 0.3) is 0 Å². The Morgan fingerprint density at radius 3 is 2.27 bits per heavy atom. The summed E-state index contributed by atoms with van der Waals surface area (Å²) in [5, 5.41) is 2.67. The van der Waals surface area contributed by atoms with Gasteiger partial charge in [-0.2, -0.15) is 0 Å². The van der Waals surface area contributed by atoms with Crippen molar-refractivity contribution in [2.45, 2.75) is 6.92 Å². The number of esters is 1. The molecule has 2 aromatic carbocycles. The Hall–Kier alpha value is -2.95. The fourth-order valence-corrected chi connectivity index (χ4v) is 1.98. The number of hydrogen-bond acceptors (Lipinski definition) is 4. The second-order valence-electron chi connectivity index (χ2n) is 4.63. The molecule has 22 heavy (non-hydrogen) atoms. The molecule has 0 saturated carbocycles. The van der Waals surface area contributed by atoms with Crippen molar-refractivity contribution in [3.8, 4) is 0 Å². The van der Waals surface area contributed by atoms with Crippen LogP contribution in [0.5, 0.6) is 0 Å². The SMILES string of the molecule is COC(=O)c1ccccc1C(=O)Nc1cccc(C(C)=O)c1. The number of ketones is 1. The van der Waals surface area contributed by atoms with Gasteiger partial charge >= 0.3 is 5.97 Å². The molecule has 5 nitrogen and oxygen atoms in total. The Morgan fingerprint density at radius 1 is 0.955 bits per heavy atom. The third kappa shape index (κ3) is 3.38. The predicted molar refractivity (Wildman–Crippen MR) is 82.2 cm³/mol. The molecule has 0 heterocycles. The van der Waals surface area contributed by atoms with Crippen molar-refractivity contribution in [2.75, 3.05) is 12.4 Å². The molecule has 0 atom stereocenters. The van der Waals surface area contributed by atoms with Gasteiger partial charge in [-0.3, -0.25) is 9.59 Å². The van der Waals surface area contributed by atoms with E-state index in [9.17, 15) is 14.4 Å². The Morgan fingerprint density at radius 2 is 1.64 bits per heavy atom. The van der Waals surface area contributed by atoms with Gasteiger partial charge in [0.2, 0.25) is 0 Å². The first-order valence-electron chi connectivity index (χ1n) is 6.62. The van der Waals surface area contributed by atoms with E-state index in [1.54, 1.807) is 36.4 Å². The van der Waals surface area contributed by atoms with E-state index < -0.39 is 11.9 Å². The normalized spacial score (nSPS) is 9.91. The zero-order valence-corrected chi connectivity index (χ0v) is 12.3. The van der Waals surface area contributed by atoms with E-state index in [1.807, 2.05) is 0 Å². The van der Waals surface area contributed by atoms with Crippen LogP contribution in [-0.4, -0.2) is 24.8 Å². The van der Waals surface area contributed by atoms with Gasteiger partial charge in [0.1, 0.15) is 0 Å². The summed E-state index contributed by atoms with van der Waals surface area (Å²) in [6.45, 7) is 1.45. The Labute approximate surface area is 127 Å². The first-order valence-corrected chi connectivity index (χ1v) is 6.62. The van der Waals surface area contributed by atoms with Crippen LogP contribution in [0.3, 0.4) is 0 Å². The second kappa shape index (κ2) is 6.67. The van der Waals surface area contributed by atoms with Crippen LogP contribution in [0.4, 0.5) is 5.69 Å². The fourth-order valence-electron chi connectivity index (χ4n) is 1.98. The summed E-state index contributed by atoms with van der Waals surface area (Å²) < 4.78 is 4.66. The molecule has 0 fully saturated rings. The zero-order chi connectivity index (χ0) is 16.1. The van der Waals surface area contributed by atoms with Gasteiger partial charge in [0.25, 0.3) is 5.91 Å². The summed E-state index contributed by atoms with van der Waals surface area (Å²) in [6.07, 6.45) is 0. The highest BCUT2D eigenvalue weighted by atomic mass is 16.5. The molecule has 0 spiro atoms. The first kappa shape index (κ1) is 15.4. The number of carbonyl (C=O) groups excluding carboxylic acids is 3. The molecule has 5 heteroatoms. The van der Waals surface area contributed by atoms with Crippen molar-refractivity contribution < 1.29 is 19.1 Å². The summed E-state index contributed by atoms with van der Waals surface area (Å²) in [5.41, 5.74) is 1.38. The third-order valence-corrected chi connectivity index (χ3v) is 3.10. The molecule has 0 saturated heterocycles. The Bertz CT molecular complexity index is 737. The van der Waals surface area contributed by atoms with Gasteiger partial charge in [-0.25, -0.2) is 4.79 Å². The molecule has 1 N–H and O–H groups in total. The van der Waals surface area contributed by atoms with Crippen LogP contribution in [0, 0.1) is 0 Å². The van der Waals surface area contributed by atoms with E-state index in [0.717, 1.165) is 0 Å². The van der Waals surface area contributed by atoms with Crippen LogP contribution >= 0.6 is 0 Å².